The maximum absolute atomic E-state index is 14.3. The highest BCUT2D eigenvalue weighted by Gasteiger charge is 2.97. The Labute approximate surface area is 372 Å². The van der Waals surface area contributed by atoms with E-state index < -0.39 is 157 Å². The molecule has 2 amide bonds. The molecule has 0 bridgehead atoms. The van der Waals surface area contributed by atoms with Gasteiger partial charge in [-0.15, -0.1) is 0 Å². The van der Waals surface area contributed by atoms with Crippen LogP contribution in [0.5, 0.6) is 0 Å². The maximum Gasteiger partial charge on any atom is 0.460 e. The molecule has 0 heterocycles. The number of hydrogen-bond acceptors (Lipinski definition) is 5. The van der Waals surface area contributed by atoms with Gasteiger partial charge >= 0.3 is 113 Å². The number of halogens is 34. The van der Waals surface area contributed by atoms with Crippen LogP contribution in [0.2, 0.25) is 0 Å². The van der Waals surface area contributed by atoms with Crippen LogP contribution in [-0.2, 0) is 19.1 Å². The number of amides is 2. The Morgan fingerprint density at radius 1 is 0.389 bits per heavy atom. The molecule has 1 aromatic rings. The number of urea groups is 1. The third kappa shape index (κ3) is 10.5. The van der Waals surface area contributed by atoms with E-state index in [0.717, 1.165) is 24.3 Å². The molecule has 2 N–H and O–H groups in total. The lowest BCUT2D eigenvalue weighted by Gasteiger charge is -2.42. The minimum absolute atomic E-state index is 0.393. The Balaban J connectivity index is 3.45. The van der Waals surface area contributed by atoms with E-state index in [1.54, 1.807) is 5.32 Å². The molecule has 0 radical (unpaired) electrons. The van der Waals surface area contributed by atoms with Crippen LogP contribution in [0.4, 0.5) is 160 Å². The maximum atomic E-state index is 14.3. The van der Waals surface area contributed by atoms with Crippen molar-refractivity contribution in [2.45, 2.75) is 121 Å². The summed E-state index contributed by atoms with van der Waals surface area (Å²) >= 11 is 0. The van der Waals surface area contributed by atoms with E-state index in [2.05, 4.69) is 9.47 Å². The number of hydrogen-bond donors (Lipinski definition) is 2. The number of anilines is 1. The van der Waals surface area contributed by atoms with Gasteiger partial charge in [0.05, 0.1) is 32.5 Å². The van der Waals surface area contributed by atoms with Crippen LogP contribution in [0.1, 0.15) is 19.3 Å². The van der Waals surface area contributed by atoms with Crippen molar-refractivity contribution < 1.29 is 173 Å². The summed E-state index contributed by atoms with van der Waals surface area (Å²) in [5.41, 5.74) is -0.393. The van der Waals surface area contributed by atoms with Gasteiger partial charge < -0.3 is 20.1 Å². The molecule has 0 aliphatic carbocycles. The van der Waals surface area contributed by atoms with Crippen molar-refractivity contribution in [1.29, 1.82) is 0 Å². The third-order valence-corrected chi connectivity index (χ3v) is 8.91. The molecule has 0 fully saturated rings. The van der Waals surface area contributed by atoms with Crippen LogP contribution < -0.4 is 10.6 Å². The summed E-state index contributed by atoms with van der Waals surface area (Å²) in [5.74, 6) is -125. The molecule has 72 heavy (non-hydrogen) atoms. The second kappa shape index (κ2) is 19.4. The van der Waals surface area contributed by atoms with Crippen LogP contribution in [0.3, 0.4) is 0 Å². The zero-order valence-electron chi connectivity index (χ0n) is 32.9. The predicted octanol–water partition coefficient (Wildman–Crippen LogP) is 12.5. The van der Waals surface area contributed by atoms with E-state index in [4.69, 9.17) is 0 Å². The molecule has 0 saturated carbocycles. The lowest BCUT2D eigenvalue weighted by atomic mass is 9.88. The van der Waals surface area contributed by atoms with Crippen LogP contribution in [0.25, 0.3) is 0 Å². The number of alkyl halides is 34. The van der Waals surface area contributed by atoms with E-state index >= 15 is 0 Å². The standard InChI is InChI=1S/C31H18F34N2O5/c32-16(33,18(36,37)20(40,41)22(44,45)24(48,49)26(52,53)28(56,57)30(60,61)62)6-8-71-13(68)10-12(67-15(70)66-11-4-2-1-3-5-11)14(69)72-9-7-17(34,35)19(38,39)21(42,43)23(46,47)25(50,51)27(54,55)29(58,59)31(63,64)65/h1-5,12H,6-10H2,(H2,66,67,70). The summed E-state index contributed by atoms with van der Waals surface area (Å²) in [4.78, 5) is 37.0. The van der Waals surface area contributed by atoms with Crippen molar-refractivity contribution in [2.24, 2.45) is 0 Å². The van der Waals surface area contributed by atoms with Gasteiger partial charge in [0.25, 0.3) is 0 Å². The summed E-state index contributed by atoms with van der Waals surface area (Å²) in [6.45, 7) is -5.55. The summed E-state index contributed by atoms with van der Waals surface area (Å²) < 4.78 is 467. The summed E-state index contributed by atoms with van der Waals surface area (Å²) in [5, 5.41) is 2.90. The van der Waals surface area contributed by atoms with E-state index in [9.17, 15) is 164 Å². The van der Waals surface area contributed by atoms with Crippen LogP contribution in [0.15, 0.2) is 30.3 Å². The van der Waals surface area contributed by atoms with E-state index in [0.29, 0.717) is 0 Å². The van der Waals surface area contributed by atoms with Crippen molar-refractivity contribution in [3.63, 3.8) is 0 Å². The van der Waals surface area contributed by atoms with Crippen molar-refractivity contribution in [2.75, 3.05) is 18.5 Å². The molecule has 420 valence electrons. The van der Waals surface area contributed by atoms with Crippen molar-refractivity contribution in [3.05, 3.63) is 30.3 Å². The molecule has 0 aromatic heterocycles. The molecule has 1 aromatic carbocycles. The van der Waals surface area contributed by atoms with Gasteiger partial charge in [-0.3, -0.25) is 4.79 Å². The highest BCUT2D eigenvalue weighted by molar-refractivity contribution is 5.93. The Morgan fingerprint density at radius 3 is 0.972 bits per heavy atom. The lowest BCUT2D eigenvalue weighted by molar-refractivity contribution is -0.461. The first-order valence-corrected chi connectivity index (χ1v) is 17.2. The molecular weight excluding hydrogens is 1130 g/mol. The van der Waals surface area contributed by atoms with Crippen LogP contribution in [0, 0.1) is 0 Å². The highest BCUT2D eigenvalue weighted by atomic mass is 19.4. The molecule has 41 heteroatoms. The van der Waals surface area contributed by atoms with Crippen molar-refractivity contribution in [3.8, 4) is 0 Å². The van der Waals surface area contributed by atoms with Gasteiger partial charge in [0.1, 0.15) is 6.04 Å². The molecule has 0 spiro atoms. The average molecular weight is 1140 g/mol. The second-order valence-corrected chi connectivity index (χ2v) is 13.9. The zero-order valence-corrected chi connectivity index (χ0v) is 32.9. The second-order valence-electron chi connectivity index (χ2n) is 13.9. The normalized spacial score (nSPS) is 15.8. The Kier molecular flexibility index (Phi) is 17.5. The Bertz CT molecular complexity index is 2070. The van der Waals surface area contributed by atoms with E-state index in [-0.39, 0.29) is 0 Å². The van der Waals surface area contributed by atoms with Gasteiger partial charge in [-0.25, -0.2) is 9.59 Å². The number of nitrogens with one attached hydrogen (secondary N) is 2. The monoisotopic (exact) mass is 1140 g/mol. The number of ether oxygens (including phenoxy) is 2. The van der Waals surface area contributed by atoms with Gasteiger partial charge in [-0.2, -0.15) is 149 Å². The molecule has 1 unspecified atom stereocenters. The average Bonchev–Trinajstić information content (AvgIpc) is 3.18. The molecule has 0 aliphatic rings. The smallest absolute Gasteiger partial charge is 0.460 e. The predicted molar refractivity (Wildman–Crippen MR) is 160 cm³/mol. The zero-order chi connectivity index (χ0) is 57.8. The number of carbonyl (C=O) groups excluding carboxylic acids is 3. The van der Waals surface area contributed by atoms with Crippen molar-refractivity contribution in [1.82, 2.24) is 5.32 Å². The first-order valence-electron chi connectivity index (χ1n) is 17.2. The molecule has 7 nitrogen and oxygen atoms in total. The van der Waals surface area contributed by atoms with E-state index in [1.165, 1.54) is 11.4 Å². The van der Waals surface area contributed by atoms with Gasteiger partial charge in [0, 0.05) is 5.69 Å². The fourth-order valence-electron chi connectivity index (χ4n) is 4.65. The number of esters is 2. The Hall–Kier alpha value is -4.95. The molecule has 0 saturated heterocycles. The summed E-state index contributed by atoms with van der Waals surface area (Å²) in [6, 6.07) is 0.185. The molecule has 1 atom stereocenters. The largest absolute Gasteiger partial charge is 0.465 e. The minimum Gasteiger partial charge on any atom is -0.465 e. The first kappa shape index (κ1) is 65.1. The minimum atomic E-state index is -9.05. The van der Waals surface area contributed by atoms with Gasteiger partial charge in [0.15, 0.2) is 0 Å². The van der Waals surface area contributed by atoms with Crippen LogP contribution >= 0.6 is 0 Å². The Morgan fingerprint density at radius 2 is 0.667 bits per heavy atom. The van der Waals surface area contributed by atoms with Crippen LogP contribution in [-0.4, -0.2) is 132 Å². The van der Waals surface area contributed by atoms with Gasteiger partial charge in [0.2, 0.25) is 0 Å². The SMILES string of the molecule is O=C(Nc1ccccc1)NC(CC(=O)OCCC(F)(F)C(F)(F)C(F)(F)C(F)(F)C(F)(F)C(F)(F)C(F)(F)C(F)(F)F)C(=O)OCCC(F)(F)C(F)(F)C(F)(F)C(F)(F)C(F)(F)C(F)(F)C(F)(F)C(F)(F)F. The number of benzene rings is 1. The topological polar surface area (TPSA) is 93.7 Å². The highest BCUT2D eigenvalue weighted by Crippen LogP contribution is 2.66. The van der Waals surface area contributed by atoms with E-state index in [1.807, 2.05) is 0 Å². The fraction of sp³-hybridized carbons (Fsp3) is 0.710. The number of para-hydroxylation sites is 1. The summed E-state index contributed by atoms with van der Waals surface area (Å²) in [6.07, 6.45) is -25.4. The number of carbonyl (C=O) groups is 3. The van der Waals surface area contributed by atoms with Gasteiger partial charge in [-0.1, -0.05) is 18.2 Å². The third-order valence-electron chi connectivity index (χ3n) is 8.91. The van der Waals surface area contributed by atoms with Crippen molar-refractivity contribution >= 4 is 23.7 Å². The first-order chi connectivity index (χ1) is 31.4. The lowest BCUT2D eigenvalue weighted by Crippen LogP contribution is -2.74. The quantitative estimate of drug-likeness (QED) is 0.0841. The molecular formula is C31H18F34N2O5. The molecule has 1 rings (SSSR count). The van der Waals surface area contributed by atoms with Gasteiger partial charge in [-0.05, 0) is 12.1 Å². The fourth-order valence-corrected chi connectivity index (χ4v) is 4.65. The molecule has 0 aliphatic heterocycles. The number of rotatable bonds is 23. The summed E-state index contributed by atoms with van der Waals surface area (Å²) in [7, 11) is 0.